The molecule has 2 rings (SSSR count). The van der Waals surface area contributed by atoms with E-state index in [0.29, 0.717) is 13.0 Å². The summed E-state index contributed by atoms with van der Waals surface area (Å²) < 4.78 is 0. The first kappa shape index (κ1) is 12.1. The second kappa shape index (κ2) is 5.33. The van der Waals surface area contributed by atoms with E-state index in [2.05, 4.69) is 24.4 Å². The Morgan fingerprint density at radius 2 is 2.47 bits per heavy atom. The van der Waals surface area contributed by atoms with Crippen LogP contribution in [0.1, 0.15) is 23.3 Å². The van der Waals surface area contributed by atoms with Crippen molar-refractivity contribution in [1.29, 1.82) is 5.26 Å². The van der Waals surface area contributed by atoms with Crippen LogP contribution in [0.3, 0.4) is 0 Å². The standard InChI is InChI=1S/C13H16N2OS/c1-10-5-7-17-12(10)4-6-15-9-11(8-14)2-3-13(15)16/h5,7,11H,2-4,6,9H2,1H3. The highest BCUT2D eigenvalue weighted by atomic mass is 32.1. The third-order valence-electron chi connectivity index (χ3n) is 3.26. The predicted octanol–water partition coefficient (Wildman–Crippen LogP) is 2.36. The molecule has 1 aliphatic rings. The van der Waals surface area contributed by atoms with E-state index in [1.54, 1.807) is 11.3 Å². The zero-order valence-corrected chi connectivity index (χ0v) is 10.8. The van der Waals surface area contributed by atoms with Crippen LogP contribution in [0.25, 0.3) is 0 Å². The van der Waals surface area contributed by atoms with Gasteiger partial charge in [0.2, 0.25) is 5.91 Å². The maximum Gasteiger partial charge on any atom is 0.222 e. The highest BCUT2D eigenvalue weighted by Crippen LogP contribution is 2.20. The molecular weight excluding hydrogens is 232 g/mol. The first-order valence-corrected chi connectivity index (χ1v) is 6.79. The van der Waals surface area contributed by atoms with Crippen molar-refractivity contribution < 1.29 is 4.79 Å². The molecule has 1 aliphatic heterocycles. The molecule has 2 heterocycles. The fourth-order valence-corrected chi connectivity index (χ4v) is 3.03. The number of nitrogens with zero attached hydrogens (tertiary/aromatic N) is 2. The van der Waals surface area contributed by atoms with E-state index in [1.165, 1.54) is 10.4 Å². The number of likely N-dealkylation sites (tertiary alicyclic amines) is 1. The molecule has 17 heavy (non-hydrogen) atoms. The zero-order valence-electron chi connectivity index (χ0n) is 9.98. The van der Waals surface area contributed by atoms with Gasteiger partial charge < -0.3 is 4.90 Å². The summed E-state index contributed by atoms with van der Waals surface area (Å²) in [7, 11) is 0. The van der Waals surface area contributed by atoms with Crippen LogP contribution < -0.4 is 0 Å². The van der Waals surface area contributed by atoms with Gasteiger partial charge in [-0.05, 0) is 36.8 Å². The second-order valence-electron chi connectivity index (χ2n) is 4.48. The van der Waals surface area contributed by atoms with Crippen molar-refractivity contribution in [2.24, 2.45) is 5.92 Å². The molecule has 3 nitrogen and oxygen atoms in total. The van der Waals surface area contributed by atoms with E-state index < -0.39 is 0 Å². The summed E-state index contributed by atoms with van der Waals surface area (Å²) in [6, 6.07) is 4.37. The van der Waals surface area contributed by atoms with Crippen LogP contribution in [-0.4, -0.2) is 23.9 Å². The molecule has 0 radical (unpaired) electrons. The first-order valence-electron chi connectivity index (χ1n) is 5.91. The smallest absolute Gasteiger partial charge is 0.222 e. The Hall–Kier alpha value is -1.34. The normalized spacial score (nSPS) is 20.4. The quantitative estimate of drug-likeness (QED) is 0.824. The fourth-order valence-electron chi connectivity index (χ4n) is 2.13. The Bertz CT molecular complexity index is 447. The second-order valence-corrected chi connectivity index (χ2v) is 5.48. The molecule has 1 saturated heterocycles. The highest BCUT2D eigenvalue weighted by molar-refractivity contribution is 7.10. The third-order valence-corrected chi connectivity index (χ3v) is 4.34. The van der Waals surface area contributed by atoms with Gasteiger partial charge in [-0.1, -0.05) is 0 Å². The number of piperidine rings is 1. The zero-order chi connectivity index (χ0) is 12.3. The summed E-state index contributed by atoms with van der Waals surface area (Å²) in [5.41, 5.74) is 1.30. The molecule has 4 heteroatoms. The van der Waals surface area contributed by atoms with Crippen molar-refractivity contribution in [3.63, 3.8) is 0 Å². The molecule has 1 amide bonds. The van der Waals surface area contributed by atoms with E-state index in [4.69, 9.17) is 5.26 Å². The van der Waals surface area contributed by atoms with E-state index in [9.17, 15) is 4.79 Å². The van der Waals surface area contributed by atoms with Gasteiger partial charge in [0.1, 0.15) is 0 Å². The molecular formula is C13H16N2OS. The van der Waals surface area contributed by atoms with Gasteiger partial charge in [0.05, 0.1) is 12.0 Å². The minimum atomic E-state index is 0.0251. The summed E-state index contributed by atoms with van der Waals surface area (Å²) in [5, 5.41) is 11.0. The van der Waals surface area contributed by atoms with Crippen molar-refractivity contribution in [1.82, 2.24) is 4.90 Å². The Labute approximate surface area is 106 Å². The number of carbonyl (C=O) groups is 1. The molecule has 0 aromatic carbocycles. The molecule has 1 unspecified atom stereocenters. The number of thiophene rings is 1. The summed E-state index contributed by atoms with van der Waals surface area (Å²) >= 11 is 1.74. The predicted molar refractivity (Wildman–Crippen MR) is 67.7 cm³/mol. The lowest BCUT2D eigenvalue weighted by atomic mass is 9.99. The average molecular weight is 248 g/mol. The van der Waals surface area contributed by atoms with Gasteiger partial charge in [0, 0.05) is 24.4 Å². The van der Waals surface area contributed by atoms with Gasteiger partial charge in [-0.25, -0.2) is 0 Å². The Morgan fingerprint density at radius 1 is 1.65 bits per heavy atom. The molecule has 0 bridgehead atoms. The van der Waals surface area contributed by atoms with Crippen molar-refractivity contribution in [3.8, 4) is 6.07 Å². The first-order chi connectivity index (χ1) is 8.20. The van der Waals surface area contributed by atoms with Gasteiger partial charge in [0.25, 0.3) is 0 Å². The van der Waals surface area contributed by atoms with Crippen LogP contribution in [0.4, 0.5) is 0 Å². The number of hydrogen-bond donors (Lipinski definition) is 0. The summed E-state index contributed by atoms with van der Waals surface area (Å²) in [6.07, 6.45) is 2.17. The van der Waals surface area contributed by atoms with Gasteiger partial charge >= 0.3 is 0 Å². The van der Waals surface area contributed by atoms with Crippen molar-refractivity contribution >= 4 is 17.2 Å². The topological polar surface area (TPSA) is 44.1 Å². The van der Waals surface area contributed by atoms with Crippen molar-refractivity contribution in [3.05, 3.63) is 21.9 Å². The maximum absolute atomic E-state index is 11.7. The van der Waals surface area contributed by atoms with E-state index in [1.807, 2.05) is 4.90 Å². The molecule has 0 saturated carbocycles. The van der Waals surface area contributed by atoms with Gasteiger partial charge in [-0.3, -0.25) is 4.79 Å². The molecule has 0 spiro atoms. The number of hydrogen-bond acceptors (Lipinski definition) is 3. The lowest BCUT2D eigenvalue weighted by molar-refractivity contribution is -0.134. The fraction of sp³-hybridized carbons (Fsp3) is 0.538. The molecule has 1 fully saturated rings. The number of amides is 1. The average Bonchev–Trinajstić information content (AvgIpc) is 2.74. The minimum absolute atomic E-state index is 0.0251. The third kappa shape index (κ3) is 2.86. The van der Waals surface area contributed by atoms with E-state index in [0.717, 1.165) is 19.4 Å². The molecule has 0 N–H and O–H groups in total. The van der Waals surface area contributed by atoms with Gasteiger partial charge in [-0.2, -0.15) is 5.26 Å². The molecule has 90 valence electrons. The Kier molecular flexibility index (Phi) is 3.80. The Balaban J connectivity index is 1.92. The van der Waals surface area contributed by atoms with Crippen LogP contribution in [-0.2, 0) is 11.2 Å². The van der Waals surface area contributed by atoms with Crippen molar-refractivity contribution in [2.45, 2.75) is 26.2 Å². The maximum atomic E-state index is 11.7. The summed E-state index contributed by atoms with van der Waals surface area (Å²) in [6.45, 7) is 3.46. The minimum Gasteiger partial charge on any atom is -0.341 e. The van der Waals surface area contributed by atoms with Crippen LogP contribution in [0.5, 0.6) is 0 Å². The highest BCUT2D eigenvalue weighted by Gasteiger charge is 2.25. The Morgan fingerprint density at radius 3 is 3.12 bits per heavy atom. The van der Waals surface area contributed by atoms with Crippen LogP contribution in [0, 0.1) is 24.2 Å². The number of nitriles is 1. The number of carbonyl (C=O) groups excluding carboxylic acids is 1. The molecule has 1 atom stereocenters. The summed E-state index contributed by atoms with van der Waals surface area (Å²) in [5.74, 6) is 0.225. The van der Waals surface area contributed by atoms with Crippen molar-refractivity contribution in [2.75, 3.05) is 13.1 Å². The number of rotatable bonds is 3. The summed E-state index contributed by atoms with van der Waals surface area (Å²) in [4.78, 5) is 14.9. The monoisotopic (exact) mass is 248 g/mol. The van der Waals surface area contributed by atoms with Crippen LogP contribution >= 0.6 is 11.3 Å². The SMILES string of the molecule is Cc1ccsc1CCN1CC(C#N)CCC1=O. The number of aryl methyl sites for hydroxylation is 1. The lowest BCUT2D eigenvalue weighted by Crippen LogP contribution is -2.40. The van der Waals surface area contributed by atoms with Crippen LogP contribution in [0.2, 0.25) is 0 Å². The van der Waals surface area contributed by atoms with E-state index >= 15 is 0 Å². The van der Waals surface area contributed by atoms with Gasteiger partial charge in [0.15, 0.2) is 0 Å². The largest absolute Gasteiger partial charge is 0.341 e. The van der Waals surface area contributed by atoms with Gasteiger partial charge in [-0.15, -0.1) is 11.3 Å². The van der Waals surface area contributed by atoms with Crippen LogP contribution in [0.15, 0.2) is 11.4 Å². The molecule has 0 aliphatic carbocycles. The molecule has 1 aromatic heterocycles. The molecule has 1 aromatic rings. The van der Waals surface area contributed by atoms with E-state index in [-0.39, 0.29) is 11.8 Å². The lowest BCUT2D eigenvalue weighted by Gasteiger charge is -2.29.